The van der Waals surface area contributed by atoms with Gasteiger partial charge in [0.1, 0.15) is 0 Å². The summed E-state index contributed by atoms with van der Waals surface area (Å²) >= 11 is 0. The first-order valence-corrected chi connectivity index (χ1v) is 8.93. The van der Waals surface area contributed by atoms with Crippen LogP contribution in [-0.2, 0) is 4.79 Å². The molecule has 1 saturated carbocycles. The predicted molar refractivity (Wildman–Crippen MR) is 95.3 cm³/mol. The van der Waals surface area contributed by atoms with Crippen molar-refractivity contribution in [2.75, 3.05) is 0 Å². The Labute approximate surface area is 157 Å². The van der Waals surface area contributed by atoms with Crippen LogP contribution in [0.4, 0.5) is 0 Å². The van der Waals surface area contributed by atoms with Gasteiger partial charge in [0.2, 0.25) is 0 Å². The Morgan fingerprint density at radius 3 is 2.61 bits per heavy atom. The number of carbonyl (C=O) groups is 1. The first kappa shape index (κ1) is 19.1. The molecule has 23 heavy (non-hydrogen) atoms. The molecule has 3 aliphatic rings. The molecular formula is C20H30O2Sn. The molecule has 0 bridgehead atoms. The Hall–Kier alpha value is -0.251. The van der Waals surface area contributed by atoms with Gasteiger partial charge in [-0.15, -0.1) is 0 Å². The molecule has 0 aliphatic heterocycles. The summed E-state index contributed by atoms with van der Waals surface area (Å²) in [5.74, 6) is 0.888. The number of aliphatic carboxylic acids is 1. The zero-order valence-electron chi connectivity index (χ0n) is 15.0. The molecule has 4 radical (unpaired) electrons. The fourth-order valence-electron chi connectivity index (χ4n) is 5.60. The van der Waals surface area contributed by atoms with E-state index in [1.54, 1.807) is 5.57 Å². The summed E-state index contributed by atoms with van der Waals surface area (Å²) in [6.07, 6.45) is 11.2. The van der Waals surface area contributed by atoms with Gasteiger partial charge >= 0.3 is 5.97 Å². The second-order valence-corrected chi connectivity index (χ2v) is 8.54. The molecule has 126 valence electrons. The number of carboxylic acid groups (broad SMARTS) is 1. The zero-order valence-corrected chi connectivity index (χ0v) is 17.8. The minimum atomic E-state index is -0.588. The third-order valence-electron chi connectivity index (χ3n) is 7.07. The van der Waals surface area contributed by atoms with Crippen LogP contribution in [0.2, 0.25) is 0 Å². The van der Waals surface area contributed by atoms with Crippen LogP contribution in [-0.4, -0.2) is 35.0 Å². The molecule has 0 aromatic heterocycles. The summed E-state index contributed by atoms with van der Waals surface area (Å²) in [5, 5.41) is 9.83. The van der Waals surface area contributed by atoms with Gasteiger partial charge in [-0.1, -0.05) is 44.9 Å². The number of fused-ring (bicyclic) bond motifs is 3. The number of rotatable bonds is 2. The second kappa shape index (κ2) is 6.57. The van der Waals surface area contributed by atoms with Crippen molar-refractivity contribution in [1.82, 2.24) is 0 Å². The molecule has 3 rings (SSSR count). The van der Waals surface area contributed by atoms with Crippen molar-refractivity contribution in [1.29, 1.82) is 0 Å². The maximum Gasteiger partial charge on any atom is 0.309 e. The van der Waals surface area contributed by atoms with Gasteiger partial charge in [-0.2, -0.15) is 0 Å². The number of hydrogen-bond acceptors (Lipinski definition) is 1. The standard InChI is InChI=1S/C20H30O2.Sn/c1-13(2)14-6-8-16-15(12-14)7-9-17-19(16,3)10-5-11-20(17,4)18(21)22;/h7,12-13,16-17H,5-6,8-11H2,1-4H3,(H,21,22);/t16-,17+,19+,20+;/m0./s1. The molecule has 0 amide bonds. The van der Waals surface area contributed by atoms with Crippen molar-refractivity contribution >= 4 is 29.9 Å². The summed E-state index contributed by atoms with van der Waals surface area (Å²) in [7, 11) is 0. The quantitative estimate of drug-likeness (QED) is 0.649. The van der Waals surface area contributed by atoms with Crippen molar-refractivity contribution in [2.45, 2.75) is 66.2 Å². The van der Waals surface area contributed by atoms with Gasteiger partial charge in [0.15, 0.2) is 0 Å². The summed E-state index contributed by atoms with van der Waals surface area (Å²) in [6, 6.07) is 0. The molecule has 0 aromatic rings. The average Bonchev–Trinajstić information content (AvgIpc) is 2.46. The monoisotopic (exact) mass is 422 g/mol. The van der Waals surface area contributed by atoms with Crippen molar-refractivity contribution in [3.05, 3.63) is 23.3 Å². The van der Waals surface area contributed by atoms with E-state index < -0.39 is 11.4 Å². The smallest absolute Gasteiger partial charge is 0.309 e. The van der Waals surface area contributed by atoms with E-state index in [1.165, 1.54) is 24.8 Å². The molecule has 3 aliphatic carbocycles. The Kier molecular flexibility index (Phi) is 5.45. The Morgan fingerprint density at radius 1 is 1.30 bits per heavy atom. The predicted octanol–water partition coefficient (Wildman–Crippen LogP) is 4.83. The fourth-order valence-corrected chi connectivity index (χ4v) is 5.60. The first-order chi connectivity index (χ1) is 10.3. The Balaban J connectivity index is 0.00000192. The third kappa shape index (κ3) is 2.94. The number of hydrogen-bond donors (Lipinski definition) is 1. The van der Waals surface area contributed by atoms with E-state index in [2.05, 4.69) is 32.9 Å². The Bertz CT molecular complexity index is 548. The van der Waals surface area contributed by atoms with Crippen LogP contribution in [0.1, 0.15) is 66.2 Å². The molecule has 4 atom stereocenters. The van der Waals surface area contributed by atoms with Gasteiger partial charge in [-0.3, -0.25) is 4.79 Å². The van der Waals surface area contributed by atoms with Crippen molar-refractivity contribution in [3.63, 3.8) is 0 Å². The first-order valence-electron chi connectivity index (χ1n) is 8.93. The van der Waals surface area contributed by atoms with Crippen LogP contribution in [0.15, 0.2) is 23.3 Å². The molecule has 0 aromatic carbocycles. The van der Waals surface area contributed by atoms with Crippen LogP contribution in [0.25, 0.3) is 0 Å². The molecular weight excluding hydrogens is 391 g/mol. The minimum absolute atomic E-state index is 0. The topological polar surface area (TPSA) is 37.3 Å². The molecule has 0 unspecified atom stereocenters. The molecule has 1 N–H and O–H groups in total. The average molecular weight is 421 g/mol. The minimum Gasteiger partial charge on any atom is -0.481 e. The van der Waals surface area contributed by atoms with E-state index in [0.29, 0.717) is 11.8 Å². The second-order valence-electron chi connectivity index (χ2n) is 8.54. The van der Waals surface area contributed by atoms with Crippen LogP contribution in [0.3, 0.4) is 0 Å². The van der Waals surface area contributed by atoms with Gasteiger partial charge in [-0.25, -0.2) is 0 Å². The molecule has 0 saturated heterocycles. The van der Waals surface area contributed by atoms with Gasteiger partial charge in [-0.05, 0) is 67.8 Å². The summed E-state index contributed by atoms with van der Waals surface area (Å²) < 4.78 is 0. The van der Waals surface area contributed by atoms with Crippen LogP contribution in [0.5, 0.6) is 0 Å². The molecule has 0 heterocycles. The SMILES string of the molecule is CC(C)C1=CC2=CC[C@@H]3[C@](C)(CCC[C@@]3(C)C(=O)O)[C@H]2CC1.[Sn]. The zero-order chi connectivity index (χ0) is 16.1. The summed E-state index contributed by atoms with van der Waals surface area (Å²) in [5.41, 5.74) is 2.69. The maximum absolute atomic E-state index is 11.9. The largest absolute Gasteiger partial charge is 0.481 e. The van der Waals surface area contributed by atoms with E-state index in [0.717, 1.165) is 19.3 Å². The van der Waals surface area contributed by atoms with E-state index in [4.69, 9.17) is 0 Å². The van der Waals surface area contributed by atoms with Gasteiger partial charge in [0.05, 0.1) is 5.41 Å². The van der Waals surface area contributed by atoms with E-state index in [1.807, 2.05) is 6.92 Å². The van der Waals surface area contributed by atoms with E-state index >= 15 is 0 Å². The van der Waals surface area contributed by atoms with Crippen molar-refractivity contribution in [3.8, 4) is 0 Å². The molecule has 3 heteroatoms. The van der Waals surface area contributed by atoms with Gasteiger partial charge in [0, 0.05) is 23.9 Å². The van der Waals surface area contributed by atoms with Crippen LogP contribution >= 0.6 is 0 Å². The van der Waals surface area contributed by atoms with Crippen molar-refractivity contribution in [2.24, 2.45) is 28.6 Å². The fraction of sp³-hybridized carbons (Fsp3) is 0.750. The van der Waals surface area contributed by atoms with E-state index in [-0.39, 0.29) is 35.2 Å². The van der Waals surface area contributed by atoms with Gasteiger partial charge in [0.25, 0.3) is 0 Å². The number of carboxylic acids is 1. The maximum atomic E-state index is 11.9. The molecule has 1 fully saturated rings. The molecule has 2 nitrogen and oxygen atoms in total. The van der Waals surface area contributed by atoms with E-state index in [9.17, 15) is 9.90 Å². The Morgan fingerprint density at radius 2 is 2.00 bits per heavy atom. The van der Waals surface area contributed by atoms with Crippen LogP contribution < -0.4 is 0 Å². The third-order valence-corrected chi connectivity index (χ3v) is 7.07. The summed E-state index contributed by atoms with van der Waals surface area (Å²) in [4.78, 5) is 11.9. The van der Waals surface area contributed by atoms with Gasteiger partial charge < -0.3 is 5.11 Å². The van der Waals surface area contributed by atoms with Crippen molar-refractivity contribution < 1.29 is 9.90 Å². The van der Waals surface area contributed by atoms with Crippen LogP contribution in [0, 0.1) is 28.6 Å². The normalized spacial score (nSPS) is 39.5. The molecule has 0 spiro atoms. The summed E-state index contributed by atoms with van der Waals surface area (Å²) in [6.45, 7) is 8.93. The number of allylic oxidation sites excluding steroid dienone is 4.